The lowest BCUT2D eigenvalue weighted by molar-refractivity contribution is 0.209. The maximum Gasteiger partial charge on any atom is 0.00954 e. The van der Waals surface area contributed by atoms with Crippen LogP contribution in [0.2, 0.25) is 0 Å². The van der Waals surface area contributed by atoms with Crippen LogP contribution < -0.4 is 10.6 Å². The summed E-state index contributed by atoms with van der Waals surface area (Å²) in [7, 11) is 0. The summed E-state index contributed by atoms with van der Waals surface area (Å²) in [5, 5.41) is 7.42. The van der Waals surface area contributed by atoms with Crippen molar-refractivity contribution in [1.29, 1.82) is 0 Å². The van der Waals surface area contributed by atoms with Crippen LogP contribution in [0.1, 0.15) is 52.4 Å². The Kier molecular flexibility index (Phi) is 4.66. The van der Waals surface area contributed by atoms with E-state index >= 15 is 0 Å². The molecule has 4 unspecified atom stereocenters. The van der Waals surface area contributed by atoms with Crippen LogP contribution in [0.25, 0.3) is 0 Å². The van der Waals surface area contributed by atoms with Gasteiger partial charge in [0.1, 0.15) is 0 Å². The molecule has 2 heteroatoms. The Morgan fingerprint density at radius 1 is 1.00 bits per heavy atom. The molecule has 2 aliphatic rings. The van der Waals surface area contributed by atoms with E-state index in [1.165, 1.54) is 51.6 Å². The highest BCUT2D eigenvalue weighted by atomic mass is 15.0. The van der Waals surface area contributed by atoms with Crippen molar-refractivity contribution in [3.8, 4) is 0 Å². The first-order valence-corrected chi connectivity index (χ1v) is 7.22. The van der Waals surface area contributed by atoms with Crippen LogP contribution in [0.3, 0.4) is 0 Å². The van der Waals surface area contributed by atoms with E-state index in [1.807, 2.05) is 0 Å². The molecule has 2 nitrogen and oxygen atoms in total. The predicted octanol–water partition coefficient (Wildman–Crippen LogP) is 2.54. The van der Waals surface area contributed by atoms with Crippen LogP contribution in [-0.2, 0) is 0 Å². The highest BCUT2D eigenvalue weighted by Crippen LogP contribution is 2.29. The maximum atomic E-state index is 3.93. The van der Waals surface area contributed by atoms with Crippen molar-refractivity contribution < 1.29 is 0 Å². The van der Waals surface area contributed by atoms with E-state index in [9.17, 15) is 0 Å². The normalized spacial score (nSPS) is 41.6. The zero-order valence-electron chi connectivity index (χ0n) is 11.0. The summed E-state index contributed by atoms with van der Waals surface area (Å²) in [5.74, 6) is 1.82. The first-order chi connectivity index (χ1) is 7.75. The van der Waals surface area contributed by atoms with Crippen LogP contribution in [0.4, 0.5) is 0 Å². The van der Waals surface area contributed by atoms with Gasteiger partial charge in [0.25, 0.3) is 0 Å². The summed E-state index contributed by atoms with van der Waals surface area (Å²) in [6, 6.07) is 1.56. The standard InChI is InChI=1S/C14H28N2/c1-11-5-6-14(12(2)10-11)16-13-4-3-8-15-9-7-13/h11-16H,3-10H2,1-2H3. The number of rotatable bonds is 2. The molecule has 0 radical (unpaired) electrons. The Morgan fingerprint density at radius 2 is 1.88 bits per heavy atom. The molecule has 2 fully saturated rings. The van der Waals surface area contributed by atoms with Crippen molar-refractivity contribution >= 4 is 0 Å². The monoisotopic (exact) mass is 224 g/mol. The van der Waals surface area contributed by atoms with E-state index in [-0.39, 0.29) is 0 Å². The Hall–Kier alpha value is -0.0800. The van der Waals surface area contributed by atoms with Gasteiger partial charge in [0.15, 0.2) is 0 Å². The molecule has 1 aliphatic heterocycles. The fraction of sp³-hybridized carbons (Fsp3) is 1.00. The van der Waals surface area contributed by atoms with Crippen LogP contribution >= 0.6 is 0 Å². The molecule has 0 aromatic carbocycles. The SMILES string of the molecule is CC1CCC(NC2CCCNCC2)C(C)C1. The highest BCUT2D eigenvalue weighted by Gasteiger charge is 2.27. The van der Waals surface area contributed by atoms with Crippen molar-refractivity contribution in [1.82, 2.24) is 10.6 Å². The minimum atomic E-state index is 0.774. The van der Waals surface area contributed by atoms with Gasteiger partial charge in [-0.1, -0.05) is 13.8 Å². The van der Waals surface area contributed by atoms with Gasteiger partial charge in [0.2, 0.25) is 0 Å². The lowest BCUT2D eigenvalue weighted by Gasteiger charge is -2.35. The Bertz CT molecular complexity index is 197. The molecule has 1 saturated carbocycles. The van der Waals surface area contributed by atoms with Gasteiger partial charge in [-0.2, -0.15) is 0 Å². The molecule has 0 bridgehead atoms. The Morgan fingerprint density at radius 3 is 2.69 bits per heavy atom. The van der Waals surface area contributed by atoms with Crippen molar-refractivity contribution in [3.63, 3.8) is 0 Å². The van der Waals surface area contributed by atoms with E-state index in [1.54, 1.807) is 0 Å². The van der Waals surface area contributed by atoms with Gasteiger partial charge in [-0.3, -0.25) is 0 Å². The molecule has 2 N–H and O–H groups in total. The smallest absolute Gasteiger partial charge is 0.00954 e. The zero-order chi connectivity index (χ0) is 11.4. The third-order valence-corrected chi connectivity index (χ3v) is 4.46. The van der Waals surface area contributed by atoms with E-state index in [0.29, 0.717) is 0 Å². The maximum absolute atomic E-state index is 3.93. The third-order valence-electron chi connectivity index (χ3n) is 4.46. The lowest BCUT2D eigenvalue weighted by Crippen LogP contribution is -2.44. The molecule has 16 heavy (non-hydrogen) atoms. The first kappa shape index (κ1) is 12.4. The molecule has 1 aliphatic carbocycles. The van der Waals surface area contributed by atoms with Gasteiger partial charge >= 0.3 is 0 Å². The van der Waals surface area contributed by atoms with Gasteiger partial charge in [-0.25, -0.2) is 0 Å². The molecule has 94 valence electrons. The third kappa shape index (κ3) is 3.46. The fourth-order valence-corrected chi connectivity index (χ4v) is 3.40. The highest BCUT2D eigenvalue weighted by molar-refractivity contribution is 4.85. The summed E-state index contributed by atoms with van der Waals surface area (Å²) in [6.07, 6.45) is 8.27. The van der Waals surface area contributed by atoms with E-state index in [2.05, 4.69) is 24.5 Å². The molecule has 0 aromatic rings. The zero-order valence-corrected chi connectivity index (χ0v) is 11.0. The minimum absolute atomic E-state index is 0.774. The summed E-state index contributed by atoms with van der Waals surface area (Å²) >= 11 is 0. The second-order valence-corrected chi connectivity index (χ2v) is 6.05. The number of nitrogens with one attached hydrogen (secondary N) is 2. The van der Waals surface area contributed by atoms with Crippen LogP contribution in [0, 0.1) is 11.8 Å². The van der Waals surface area contributed by atoms with Crippen molar-refractivity contribution in [2.75, 3.05) is 13.1 Å². The van der Waals surface area contributed by atoms with Crippen molar-refractivity contribution in [3.05, 3.63) is 0 Å². The van der Waals surface area contributed by atoms with Crippen LogP contribution in [-0.4, -0.2) is 25.2 Å². The lowest BCUT2D eigenvalue weighted by atomic mass is 9.79. The molecule has 0 aromatic heterocycles. The summed E-state index contributed by atoms with van der Waals surface area (Å²) in [6.45, 7) is 7.26. The second kappa shape index (κ2) is 6.02. The summed E-state index contributed by atoms with van der Waals surface area (Å²) in [5.41, 5.74) is 0. The largest absolute Gasteiger partial charge is 0.317 e. The fourth-order valence-electron chi connectivity index (χ4n) is 3.40. The number of hydrogen-bond donors (Lipinski definition) is 2. The minimum Gasteiger partial charge on any atom is -0.317 e. The molecule has 0 spiro atoms. The van der Waals surface area contributed by atoms with Gasteiger partial charge in [-0.15, -0.1) is 0 Å². The molecule has 4 atom stereocenters. The molecule has 1 heterocycles. The van der Waals surface area contributed by atoms with Crippen molar-refractivity contribution in [2.45, 2.75) is 64.5 Å². The van der Waals surface area contributed by atoms with Gasteiger partial charge in [0.05, 0.1) is 0 Å². The van der Waals surface area contributed by atoms with Gasteiger partial charge in [-0.05, 0) is 63.5 Å². The van der Waals surface area contributed by atoms with Crippen LogP contribution in [0.15, 0.2) is 0 Å². The topological polar surface area (TPSA) is 24.1 Å². The molecule has 0 amide bonds. The summed E-state index contributed by atoms with van der Waals surface area (Å²) in [4.78, 5) is 0. The Labute approximate surface area is 101 Å². The summed E-state index contributed by atoms with van der Waals surface area (Å²) < 4.78 is 0. The first-order valence-electron chi connectivity index (χ1n) is 7.22. The van der Waals surface area contributed by atoms with Gasteiger partial charge in [0, 0.05) is 12.1 Å². The molecular formula is C14H28N2. The van der Waals surface area contributed by atoms with Crippen molar-refractivity contribution in [2.24, 2.45) is 11.8 Å². The average molecular weight is 224 g/mol. The predicted molar refractivity (Wildman–Crippen MR) is 69.6 cm³/mol. The molecule has 1 saturated heterocycles. The Balaban J connectivity index is 1.79. The molecule has 2 rings (SSSR count). The second-order valence-electron chi connectivity index (χ2n) is 6.05. The van der Waals surface area contributed by atoms with E-state index in [4.69, 9.17) is 0 Å². The van der Waals surface area contributed by atoms with Gasteiger partial charge < -0.3 is 10.6 Å². The average Bonchev–Trinajstić information content (AvgIpc) is 2.51. The number of hydrogen-bond acceptors (Lipinski definition) is 2. The quantitative estimate of drug-likeness (QED) is 0.753. The van der Waals surface area contributed by atoms with E-state index in [0.717, 1.165) is 23.9 Å². The van der Waals surface area contributed by atoms with E-state index < -0.39 is 0 Å². The van der Waals surface area contributed by atoms with Crippen LogP contribution in [0.5, 0.6) is 0 Å². The molecular weight excluding hydrogens is 196 g/mol.